The summed E-state index contributed by atoms with van der Waals surface area (Å²) in [5.74, 6) is -0.388. The average molecular weight is 397 g/mol. The predicted octanol–water partition coefficient (Wildman–Crippen LogP) is 1.76. The van der Waals surface area contributed by atoms with Crippen molar-refractivity contribution in [2.75, 3.05) is 20.2 Å². The molecule has 1 aliphatic heterocycles. The second-order valence-corrected chi connectivity index (χ2v) is 6.94. The third kappa shape index (κ3) is 4.68. The van der Waals surface area contributed by atoms with Crippen LogP contribution in [0.15, 0.2) is 30.5 Å². The first kappa shape index (κ1) is 20.2. The number of rotatable bonds is 6. The number of carboxylic acid groups (broad SMARTS) is 1. The number of aromatic nitrogens is 2. The summed E-state index contributed by atoms with van der Waals surface area (Å²) in [6.07, 6.45) is 2.89. The van der Waals surface area contributed by atoms with Crippen molar-refractivity contribution in [3.05, 3.63) is 41.6 Å². The number of benzene rings is 1. The standard InChI is InChI=1S/C20H23N5O4/c1-29-19-15(20(28)25-8-6-12(7-9-25)10-16(26)27)11-23-18(24-19)14-4-2-13(3-5-14)17(21)22/h2-5,11-12H,6-10H2,1H3,(H3,21,22)(H,26,27). The number of amidine groups is 1. The van der Waals surface area contributed by atoms with Gasteiger partial charge in [-0.15, -0.1) is 0 Å². The van der Waals surface area contributed by atoms with Gasteiger partial charge in [-0.3, -0.25) is 15.0 Å². The van der Waals surface area contributed by atoms with Crippen molar-refractivity contribution >= 4 is 17.7 Å². The molecule has 29 heavy (non-hydrogen) atoms. The number of amides is 1. The monoisotopic (exact) mass is 397 g/mol. The van der Waals surface area contributed by atoms with E-state index in [-0.39, 0.29) is 35.5 Å². The summed E-state index contributed by atoms with van der Waals surface area (Å²) in [6.45, 7) is 0.988. The van der Waals surface area contributed by atoms with Crippen LogP contribution in [0, 0.1) is 11.3 Å². The van der Waals surface area contributed by atoms with Gasteiger partial charge in [0.05, 0.1) is 7.11 Å². The number of likely N-dealkylation sites (tertiary alicyclic amines) is 1. The molecule has 2 heterocycles. The van der Waals surface area contributed by atoms with Crippen molar-refractivity contribution in [3.63, 3.8) is 0 Å². The van der Waals surface area contributed by atoms with E-state index in [0.717, 1.165) is 0 Å². The molecule has 152 valence electrons. The van der Waals surface area contributed by atoms with Crippen LogP contribution in [0.4, 0.5) is 0 Å². The molecule has 0 atom stereocenters. The summed E-state index contributed by atoms with van der Waals surface area (Å²) in [6, 6.07) is 6.90. The Bertz CT molecular complexity index is 921. The number of ether oxygens (including phenoxy) is 1. The third-order valence-electron chi connectivity index (χ3n) is 5.00. The average Bonchev–Trinajstić information content (AvgIpc) is 2.73. The highest BCUT2D eigenvalue weighted by atomic mass is 16.5. The van der Waals surface area contributed by atoms with E-state index < -0.39 is 5.97 Å². The van der Waals surface area contributed by atoms with Crippen molar-refractivity contribution in [3.8, 4) is 17.3 Å². The first-order valence-electron chi connectivity index (χ1n) is 9.26. The summed E-state index contributed by atoms with van der Waals surface area (Å²) in [4.78, 5) is 34.1. The second-order valence-electron chi connectivity index (χ2n) is 6.94. The molecule has 0 saturated carbocycles. The van der Waals surface area contributed by atoms with Crippen LogP contribution in [0.25, 0.3) is 11.4 Å². The molecule has 1 amide bonds. The van der Waals surface area contributed by atoms with E-state index in [4.69, 9.17) is 21.0 Å². The van der Waals surface area contributed by atoms with Gasteiger partial charge in [0.1, 0.15) is 11.4 Å². The summed E-state index contributed by atoms with van der Waals surface area (Å²) in [5.41, 5.74) is 7.04. The maximum absolute atomic E-state index is 12.9. The van der Waals surface area contributed by atoms with E-state index in [1.807, 2.05) is 0 Å². The van der Waals surface area contributed by atoms with Gasteiger partial charge < -0.3 is 20.5 Å². The fourth-order valence-corrected chi connectivity index (χ4v) is 3.36. The highest BCUT2D eigenvalue weighted by Gasteiger charge is 2.27. The van der Waals surface area contributed by atoms with Crippen LogP contribution in [-0.4, -0.2) is 57.9 Å². The van der Waals surface area contributed by atoms with Crippen LogP contribution in [0.5, 0.6) is 5.88 Å². The smallest absolute Gasteiger partial charge is 0.303 e. The zero-order valence-electron chi connectivity index (χ0n) is 16.1. The molecular formula is C20H23N5O4. The molecule has 0 bridgehead atoms. The van der Waals surface area contributed by atoms with Gasteiger partial charge in [-0.2, -0.15) is 4.98 Å². The minimum Gasteiger partial charge on any atom is -0.481 e. The van der Waals surface area contributed by atoms with Gasteiger partial charge in [0.15, 0.2) is 5.82 Å². The number of nitrogens with two attached hydrogens (primary N) is 1. The summed E-state index contributed by atoms with van der Waals surface area (Å²) in [5, 5.41) is 16.4. The minimum atomic E-state index is -0.809. The van der Waals surface area contributed by atoms with Crippen LogP contribution in [0.2, 0.25) is 0 Å². The molecule has 2 aromatic rings. The predicted molar refractivity (Wildman–Crippen MR) is 106 cm³/mol. The Hall–Kier alpha value is -3.49. The Balaban J connectivity index is 1.76. The minimum absolute atomic E-state index is 0.0249. The lowest BCUT2D eigenvalue weighted by molar-refractivity contribution is -0.138. The number of hydrogen-bond acceptors (Lipinski definition) is 6. The third-order valence-corrected chi connectivity index (χ3v) is 5.00. The van der Waals surface area contributed by atoms with E-state index in [9.17, 15) is 9.59 Å². The van der Waals surface area contributed by atoms with Crippen molar-refractivity contribution in [1.29, 1.82) is 5.41 Å². The topological polar surface area (TPSA) is 142 Å². The molecule has 9 heteroatoms. The molecule has 0 aliphatic carbocycles. The molecular weight excluding hydrogens is 374 g/mol. The number of hydrogen-bond donors (Lipinski definition) is 3. The van der Waals surface area contributed by atoms with Gasteiger partial charge in [-0.1, -0.05) is 24.3 Å². The Labute approximate surface area is 168 Å². The normalized spacial score (nSPS) is 14.4. The van der Waals surface area contributed by atoms with Gasteiger partial charge in [-0.05, 0) is 18.8 Å². The number of methoxy groups -OCH3 is 1. The lowest BCUT2D eigenvalue weighted by Gasteiger charge is -2.31. The second kappa shape index (κ2) is 8.68. The molecule has 4 N–H and O–H groups in total. The Morgan fingerprint density at radius 3 is 2.48 bits per heavy atom. The quantitative estimate of drug-likeness (QED) is 0.498. The molecule has 0 radical (unpaired) electrons. The van der Waals surface area contributed by atoms with E-state index in [0.29, 0.717) is 42.9 Å². The van der Waals surface area contributed by atoms with Gasteiger partial charge in [0, 0.05) is 36.8 Å². The molecule has 0 spiro atoms. The maximum Gasteiger partial charge on any atom is 0.303 e. The van der Waals surface area contributed by atoms with Crippen molar-refractivity contribution in [2.24, 2.45) is 11.7 Å². The van der Waals surface area contributed by atoms with Gasteiger partial charge in [0.2, 0.25) is 5.88 Å². The summed E-state index contributed by atoms with van der Waals surface area (Å²) in [7, 11) is 1.45. The molecule has 1 saturated heterocycles. The largest absolute Gasteiger partial charge is 0.481 e. The fraction of sp³-hybridized carbons (Fsp3) is 0.350. The first-order valence-corrected chi connectivity index (χ1v) is 9.26. The highest BCUT2D eigenvalue weighted by molar-refractivity contribution is 5.96. The number of nitrogens with zero attached hydrogens (tertiary/aromatic N) is 3. The van der Waals surface area contributed by atoms with E-state index in [1.54, 1.807) is 29.2 Å². The van der Waals surface area contributed by atoms with Gasteiger partial charge >= 0.3 is 5.97 Å². The van der Waals surface area contributed by atoms with E-state index >= 15 is 0 Å². The molecule has 3 rings (SSSR count). The Kier molecular flexibility index (Phi) is 6.06. The molecule has 1 aliphatic rings. The zero-order chi connectivity index (χ0) is 21.0. The highest BCUT2D eigenvalue weighted by Crippen LogP contribution is 2.26. The molecule has 9 nitrogen and oxygen atoms in total. The molecule has 1 aromatic heterocycles. The SMILES string of the molecule is COc1nc(-c2ccc(C(=N)N)cc2)ncc1C(=O)N1CCC(CC(=O)O)CC1. The molecule has 0 unspecified atom stereocenters. The van der Waals surface area contributed by atoms with Crippen molar-refractivity contribution < 1.29 is 19.4 Å². The molecule has 1 fully saturated rings. The van der Waals surface area contributed by atoms with Crippen molar-refractivity contribution in [2.45, 2.75) is 19.3 Å². The first-order chi connectivity index (χ1) is 13.9. The number of carbonyl (C=O) groups is 2. The maximum atomic E-state index is 12.9. The van der Waals surface area contributed by atoms with E-state index in [1.165, 1.54) is 13.3 Å². The summed E-state index contributed by atoms with van der Waals surface area (Å²) >= 11 is 0. The summed E-state index contributed by atoms with van der Waals surface area (Å²) < 4.78 is 5.32. The number of aliphatic carboxylic acids is 1. The van der Waals surface area contributed by atoms with E-state index in [2.05, 4.69) is 9.97 Å². The number of piperidine rings is 1. The zero-order valence-corrected chi connectivity index (χ0v) is 16.1. The van der Waals surface area contributed by atoms with Crippen LogP contribution >= 0.6 is 0 Å². The number of carbonyl (C=O) groups excluding carboxylic acids is 1. The van der Waals surface area contributed by atoms with Crippen LogP contribution < -0.4 is 10.5 Å². The lowest BCUT2D eigenvalue weighted by atomic mass is 9.93. The van der Waals surface area contributed by atoms with Gasteiger partial charge in [0.25, 0.3) is 5.91 Å². The number of nitrogens with one attached hydrogen (secondary N) is 1. The molecule has 1 aromatic carbocycles. The van der Waals surface area contributed by atoms with Gasteiger partial charge in [-0.25, -0.2) is 4.98 Å². The number of nitrogen functional groups attached to an aromatic ring is 1. The fourth-order valence-electron chi connectivity index (χ4n) is 3.36. The Morgan fingerprint density at radius 1 is 1.28 bits per heavy atom. The van der Waals surface area contributed by atoms with Crippen LogP contribution in [-0.2, 0) is 4.79 Å². The van der Waals surface area contributed by atoms with Crippen LogP contribution in [0.1, 0.15) is 35.2 Å². The van der Waals surface area contributed by atoms with Crippen molar-refractivity contribution in [1.82, 2.24) is 14.9 Å². The number of carboxylic acids is 1. The van der Waals surface area contributed by atoms with Crippen LogP contribution in [0.3, 0.4) is 0 Å². The Morgan fingerprint density at radius 2 is 1.93 bits per heavy atom. The lowest BCUT2D eigenvalue weighted by Crippen LogP contribution is -2.39.